The van der Waals surface area contributed by atoms with Crippen LogP contribution >= 0.6 is 0 Å². The number of para-hydroxylation sites is 1. The minimum atomic E-state index is -0.116. The number of carbonyl (C=O) groups is 1. The van der Waals surface area contributed by atoms with Gasteiger partial charge in [-0.15, -0.1) is 0 Å². The normalized spacial score (nSPS) is 16.5. The van der Waals surface area contributed by atoms with E-state index in [1.54, 1.807) is 18.2 Å². The number of nitrogens with zero attached hydrogens (tertiary/aromatic N) is 1. The zero-order valence-electron chi connectivity index (χ0n) is 11.8. The van der Waals surface area contributed by atoms with Crippen molar-refractivity contribution in [3.05, 3.63) is 23.8 Å². The van der Waals surface area contributed by atoms with Gasteiger partial charge in [-0.1, -0.05) is 11.2 Å². The van der Waals surface area contributed by atoms with Crippen LogP contribution in [0.25, 0.3) is 0 Å². The summed E-state index contributed by atoms with van der Waals surface area (Å²) < 4.78 is 10.5. The second-order valence-electron chi connectivity index (χ2n) is 4.74. The monoisotopic (exact) mass is 293 g/mol. The van der Waals surface area contributed by atoms with Crippen LogP contribution < -0.4 is 15.8 Å². The lowest BCUT2D eigenvalue weighted by Crippen LogP contribution is -2.29. The number of nitrogens with two attached hydrogens (primary N) is 1. The lowest BCUT2D eigenvalue weighted by molar-refractivity contribution is -0.122. The minimum absolute atomic E-state index is 0.0869. The van der Waals surface area contributed by atoms with Crippen LogP contribution in [0.3, 0.4) is 0 Å². The molecule has 1 amide bonds. The van der Waals surface area contributed by atoms with E-state index < -0.39 is 0 Å². The molecule has 0 atom stereocenters. The number of methoxy groups -OCH3 is 1. The quantitative estimate of drug-likeness (QED) is 0.334. The van der Waals surface area contributed by atoms with Crippen LogP contribution in [0.1, 0.15) is 18.4 Å². The van der Waals surface area contributed by atoms with Gasteiger partial charge in [0.15, 0.2) is 5.84 Å². The summed E-state index contributed by atoms with van der Waals surface area (Å²) >= 11 is 0. The van der Waals surface area contributed by atoms with Crippen molar-refractivity contribution in [1.29, 1.82) is 0 Å². The molecule has 4 N–H and O–H groups in total. The van der Waals surface area contributed by atoms with Gasteiger partial charge in [0.05, 0.1) is 12.8 Å². The van der Waals surface area contributed by atoms with Crippen molar-refractivity contribution in [2.45, 2.75) is 12.8 Å². The third-order valence-electron chi connectivity index (χ3n) is 3.47. The number of nitrogens with one attached hydrogen (secondary N) is 1. The van der Waals surface area contributed by atoms with Crippen molar-refractivity contribution in [3.8, 4) is 5.75 Å². The van der Waals surface area contributed by atoms with Gasteiger partial charge in [0.1, 0.15) is 5.75 Å². The summed E-state index contributed by atoms with van der Waals surface area (Å²) in [6.45, 7) is 1.16. The van der Waals surface area contributed by atoms with Crippen molar-refractivity contribution in [2.75, 3.05) is 25.6 Å². The maximum absolute atomic E-state index is 12.3. The molecular formula is C14H19N3O4. The first-order valence-corrected chi connectivity index (χ1v) is 6.71. The molecule has 21 heavy (non-hydrogen) atoms. The zero-order chi connectivity index (χ0) is 15.2. The maximum Gasteiger partial charge on any atom is 0.227 e. The smallest absolute Gasteiger partial charge is 0.227 e. The molecular weight excluding hydrogens is 274 g/mol. The van der Waals surface area contributed by atoms with Crippen LogP contribution in [0.2, 0.25) is 0 Å². The van der Waals surface area contributed by atoms with E-state index in [-0.39, 0.29) is 17.7 Å². The second-order valence-corrected chi connectivity index (χ2v) is 4.74. The number of carbonyl (C=O) groups excluding carboxylic acids is 1. The summed E-state index contributed by atoms with van der Waals surface area (Å²) in [6, 6.07) is 5.06. The summed E-state index contributed by atoms with van der Waals surface area (Å²) in [5.41, 5.74) is 6.47. The highest BCUT2D eigenvalue weighted by atomic mass is 16.5. The molecule has 1 aliphatic rings. The lowest BCUT2D eigenvalue weighted by Gasteiger charge is -2.22. The number of amides is 1. The van der Waals surface area contributed by atoms with Gasteiger partial charge >= 0.3 is 0 Å². The molecule has 0 radical (unpaired) electrons. The summed E-state index contributed by atoms with van der Waals surface area (Å²) in [5, 5.41) is 14.7. The third-order valence-corrected chi connectivity index (χ3v) is 3.47. The van der Waals surface area contributed by atoms with Crippen LogP contribution in [0.4, 0.5) is 5.69 Å². The van der Waals surface area contributed by atoms with Crippen molar-refractivity contribution in [3.63, 3.8) is 0 Å². The number of hydrogen-bond donors (Lipinski definition) is 3. The first-order valence-electron chi connectivity index (χ1n) is 6.71. The van der Waals surface area contributed by atoms with Gasteiger partial charge in [0.25, 0.3) is 0 Å². The van der Waals surface area contributed by atoms with Gasteiger partial charge in [0.2, 0.25) is 5.91 Å². The predicted molar refractivity (Wildman–Crippen MR) is 77.7 cm³/mol. The van der Waals surface area contributed by atoms with Crippen molar-refractivity contribution >= 4 is 17.4 Å². The lowest BCUT2D eigenvalue weighted by atomic mass is 9.99. The van der Waals surface area contributed by atoms with E-state index in [9.17, 15) is 4.79 Å². The van der Waals surface area contributed by atoms with Gasteiger partial charge in [-0.25, -0.2) is 0 Å². The molecule has 7 heteroatoms. The van der Waals surface area contributed by atoms with E-state index in [1.165, 1.54) is 7.11 Å². The fourth-order valence-corrected chi connectivity index (χ4v) is 2.28. The largest absolute Gasteiger partial charge is 0.495 e. The fourth-order valence-electron chi connectivity index (χ4n) is 2.28. The van der Waals surface area contributed by atoms with Crippen molar-refractivity contribution < 1.29 is 19.5 Å². The standard InChI is InChI=1S/C14H19N3O4/c1-20-11-4-2-3-10(13(15)17-19)12(11)16-14(18)9-5-7-21-8-6-9/h2-4,9,19H,5-8H2,1H3,(H2,15,17)(H,16,18). The molecule has 1 heterocycles. The minimum Gasteiger partial charge on any atom is -0.495 e. The van der Waals surface area contributed by atoms with Crippen LogP contribution in [-0.2, 0) is 9.53 Å². The number of benzene rings is 1. The number of rotatable bonds is 4. The molecule has 1 aliphatic heterocycles. The molecule has 2 rings (SSSR count). The third kappa shape index (κ3) is 3.43. The summed E-state index contributed by atoms with van der Waals surface area (Å²) in [7, 11) is 1.50. The van der Waals surface area contributed by atoms with Crippen LogP contribution in [0.5, 0.6) is 5.75 Å². The van der Waals surface area contributed by atoms with Crippen molar-refractivity contribution in [2.24, 2.45) is 16.8 Å². The molecule has 0 aromatic heterocycles. The van der Waals surface area contributed by atoms with E-state index in [4.69, 9.17) is 20.4 Å². The van der Waals surface area contributed by atoms with E-state index in [1.807, 2.05) is 0 Å². The average Bonchev–Trinajstić information content (AvgIpc) is 2.55. The van der Waals surface area contributed by atoms with Gasteiger partial charge in [0, 0.05) is 24.7 Å². The Morgan fingerprint density at radius 1 is 1.48 bits per heavy atom. The number of anilines is 1. The summed E-state index contributed by atoms with van der Waals surface area (Å²) in [6.07, 6.45) is 1.36. The Morgan fingerprint density at radius 3 is 2.81 bits per heavy atom. The Kier molecular flexibility index (Phi) is 4.99. The second kappa shape index (κ2) is 6.94. The van der Waals surface area contributed by atoms with E-state index in [2.05, 4.69) is 10.5 Å². The maximum atomic E-state index is 12.3. The Balaban J connectivity index is 2.26. The Labute approximate surface area is 122 Å². The van der Waals surface area contributed by atoms with E-state index >= 15 is 0 Å². The van der Waals surface area contributed by atoms with Crippen LogP contribution in [0.15, 0.2) is 23.4 Å². The Morgan fingerprint density at radius 2 is 2.19 bits per heavy atom. The number of ether oxygens (including phenoxy) is 2. The van der Waals surface area contributed by atoms with E-state index in [0.29, 0.717) is 43.1 Å². The molecule has 1 fully saturated rings. The van der Waals surface area contributed by atoms with Crippen LogP contribution in [0, 0.1) is 5.92 Å². The molecule has 7 nitrogen and oxygen atoms in total. The molecule has 0 spiro atoms. The fraction of sp³-hybridized carbons (Fsp3) is 0.429. The highest BCUT2D eigenvalue weighted by Gasteiger charge is 2.24. The van der Waals surface area contributed by atoms with Gasteiger partial charge < -0.3 is 25.7 Å². The van der Waals surface area contributed by atoms with Gasteiger partial charge in [-0.2, -0.15) is 0 Å². The molecule has 0 saturated carbocycles. The average molecular weight is 293 g/mol. The predicted octanol–water partition coefficient (Wildman–Crippen LogP) is 1.15. The molecule has 0 aliphatic carbocycles. The molecule has 1 aromatic carbocycles. The molecule has 114 valence electrons. The first kappa shape index (κ1) is 15.1. The number of amidine groups is 1. The molecule has 1 saturated heterocycles. The van der Waals surface area contributed by atoms with Gasteiger partial charge in [-0.3, -0.25) is 4.79 Å². The highest BCUT2D eigenvalue weighted by molar-refractivity contribution is 6.07. The van der Waals surface area contributed by atoms with Gasteiger partial charge in [-0.05, 0) is 25.0 Å². The van der Waals surface area contributed by atoms with Crippen LogP contribution in [-0.4, -0.2) is 37.3 Å². The molecule has 0 unspecified atom stereocenters. The number of hydrogen-bond acceptors (Lipinski definition) is 5. The Bertz CT molecular complexity index is 539. The first-order chi connectivity index (χ1) is 10.2. The number of oxime groups is 1. The summed E-state index contributed by atoms with van der Waals surface area (Å²) in [5.74, 6) is 0.147. The topological polar surface area (TPSA) is 106 Å². The molecule has 0 bridgehead atoms. The molecule has 1 aromatic rings. The summed E-state index contributed by atoms with van der Waals surface area (Å²) in [4.78, 5) is 12.3. The zero-order valence-corrected chi connectivity index (χ0v) is 11.8. The highest BCUT2D eigenvalue weighted by Crippen LogP contribution is 2.29. The Hall–Kier alpha value is -2.28. The van der Waals surface area contributed by atoms with E-state index in [0.717, 1.165) is 0 Å². The SMILES string of the molecule is COc1cccc(/C(N)=N/O)c1NC(=O)C1CCOCC1. The van der Waals surface area contributed by atoms with Crippen molar-refractivity contribution in [1.82, 2.24) is 0 Å².